The van der Waals surface area contributed by atoms with Gasteiger partial charge in [-0.15, -0.1) is 0 Å². The highest BCUT2D eigenvalue weighted by Crippen LogP contribution is 2.38. The summed E-state index contributed by atoms with van der Waals surface area (Å²) < 4.78 is 97.6. The first-order chi connectivity index (χ1) is 19.0. The maximum atomic E-state index is 13.9. The minimum Gasteiger partial charge on any atom is -0.493 e. The van der Waals surface area contributed by atoms with Crippen molar-refractivity contribution in [2.75, 3.05) is 13.2 Å². The summed E-state index contributed by atoms with van der Waals surface area (Å²) in [5, 5.41) is 0.249. The van der Waals surface area contributed by atoms with Gasteiger partial charge in [0.05, 0.1) is 16.5 Å². The second-order valence-electron chi connectivity index (χ2n) is 10.9. The third-order valence-electron chi connectivity index (χ3n) is 6.40. The normalized spacial score (nSPS) is 13.3. The Bertz CT molecular complexity index is 1420. The van der Waals surface area contributed by atoms with E-state index in [0.717, 1.165) is 25.3 Å². The number of alkyl halides is 6. The van der Waals surface area contributed by atoms with Crippen LogP contribution in [0.25, 0.3) is 22.1 Å². The predicted molar refractivity (Wildman–Crippen MR) is 142 cm³/mol. The fourth-order valence-corrected chi connectivity index (χ4v) is 3.99. The summed E-state index contributed by atoms with van der Waals surface area (Å²) in [5.41, 5.74) is -3.18. The molecule has 3 rings (SSSR count). The minimum atomic E-state index is -4.72. The topological polar surface area (TPSA) is 65.7 Å². The van der Waals surface area contributed by atoms with Crippen LogP contribution in [0.5, 0.6) is 5.75 Å². The first-order valence-electron chi connectivity index (χ1n) is 13.2. The molecule has 1 heterocycles. The van der Waals surface area contributed by atoms with Gasteiger partial charge >= 0.3 is 23.9 Å². The summed E-state index contributed by atoms with van der Waals surface area (Å²) in [6.07, 6.45) is -6.43. The Labute approximate surface area is 233 Å². The molecule has 0 N–H and O–H groups in total. The first kappa shape index (κ1) is 32.0. The lowest BCUT2D eigenvalue weighted by molar-refractivity contribution is -0.199. The molecule has 0 fully saturated rings. The Morgan fingerprint density at radius 3 is 2.22 bits per heavy atom. The van der Waals surface area contributed by atoms with E-state index in [9.17, 15) is 35.9 Å². The number of carbonyl (C=O) groups excluding carboxylic acids is 1. The van der Waals surface area contributed by atoms with Crippen molar-refractivity contribution in [2.45, 2.75) is 65.7 Å². The van der Waals surface area contributed by atoms with Gasteiger partial charge in [-0.2, -0.15) is 26.3 Å². The molecule has 0 aliphatic carbocycles. The molecule has 0 saturated heterocycles. The Morgan fingerprint density at radius 2 is 1.61 bits per heavy atom. The Balaban J connectivity index is 1.86. The van der Waals surface area contributed by atoms with E-state index in [1.165, 1.54) is 51.1 Å². The van der Waals surface area contributed by atoms with Crippen molar-refractivity contribution in [3.63, 3.8) is 0 Å². The van der Waals surface area contributed by atoms with Crippen LogP contribution in [0.15, 0.2) is 51.7 Å². The molecule has 1 atom stereocenters. The molecule has 1 aromatic heterocycles. The van der Waals surface area contributed by atoms with Crippen LogP contribution in [0.1, 0.15) is 58.1 Å². The summed E-state index contributed by atoms with van der Waals surface area (Å²) in [5.74, 6) is -2.99. The lowest BCUT2D eigenvalue weighted by Gasteiger charge is -2.23. The minimum absolute atomic E-state index is 0.0720. The molecular weight excluding hydrogens is 554 g/mol. The average molecular weight is 587 g/mol. The van der Waals surface area contributed by atoms with Crippen LogP contribution in [-0.4, -0.2) is 25.4 Å². The molecule has 224 valence electrons. The monoisotopic (exact) mass is 586 g/mol. The second kappa shape index (κ2) is 12.6. The van der Waals surface area contributed by atoms with Gasteiger partial charge in [-0.1, -0.05) is 31.9 Å². The molecule has 0 aliphatic heterocycles. The van der Waals surface area contributed by atoms with Crippen molar-refractivity contribution in [3.8, 4) is 16.9 Å². The van der Waals surface area contributed by atoms with E-state index in [4.69, 9.17) is 13.9 Å². The number of esters is 1. The number of halogens is 6. The highest BCUT2D eigenvalue weighted by molar-refractivity contribution is 5.83. The number of unbranched alkanes of at least 4 members (excludes halogenated alkanes) is 2. The molecule has 0 saturated carbocycles. The highest BCUT2D eigenvalue weighted by atomic mass is 19.4. The van der Waals surface area contributed by atoms with Gasteiger partial charge in [0.2, 0.25) is 0 Å². The van der Waals surface area contributed by atoms with Crippen LogP contribution < -0.4 is 10.4 Å². The summed E-state index contributed by atoms with van der Waals surface area (Å²) >= 11 is 0. The zero-order valence-electron chi connectivity index (χ0n) is 23.2. The molecule has 1 unspecified atom stereocenters. The average Bonchev–Trinajstić information content (AvgIpc) is 2.86. The van der Waals surface area contributed by atoms with Gasteiger partial charge in [-0.05, 0) is 63.4 Å². The molecular formula is C30H32F6O5. The van der Waals surface area contributed by atoms with E-state index in [1.807, 2.05) is 6.92 Å². The molecule has 11 heteroatoms. The molecule has 2 aromatic carbocycles. The molecule has 0 radical (unpaired) electrons. The van der Waals surface area contributed by atoms with Crippen molar-refractivity contribution in [2.24, 2.45) is 11.3 Å². The molecule has 0 bridgehead atoms. The van der Waals surface area contributed by atoms with Crippen molar-refractivity contribution in [1.82, 2.24) is 0 Å². The molecule has 5 nitrogen and oxygen atoms in total. The van der Waals surface area contributed by atoms with E-state index in [2.05, 4.69) is 0 Å². The molecule has 3 aromatic rings. The largest absolute Gasteiger partial charge is 0.493 e. The number of hydrogen-bond donors (Lipinski definition) is 0. The Morgan fingerprint density at radius 1 is 0.902 bits per heavy atom. The van der Waals surface area contributed by atoms with Crippen molar-refractivity contribution in [3.05, 3.63) is 64.0 Å². The molecule has 0 amide bonds. The van der Waals surface area contributed by atoms with Gasteiger partial charge in [0.1, 0.15) is 30.5 Å². The number of carbonyl (C=O) groups is 1. The second-order valence-corrected chi connectivity index (χ2v) is 10.9. The fraction of sp³-hybridized carbons (Fsp3) is 0.467. The molecule has 41 heavy (non-hydrogen) atoms. The number of hydrogen-bond acceptors (Lipinski definition) is 5. The van der Waals surface area contributed by atoms with Crippen LogP contribution in [0.2, 0.25) is 0 Å². The lowest BCUT2D eigenvalue weighted by atomic mass is 9.95. The number of aryl methyl sites for hydroxylation is 1. The quantitative estimate of drug-likeness (QED) is 0.103. The van der Waals surface area contributed by atoms with Crippen molar-refractivity contribution in [1.29, 1.82) is 0 Å². The molecule has 0 aliphatic rings. The van der Waals surface area contributed by atoms with Crippen LogP contribution in [0.4, 0.5) is 26.3 Å². The maximum absolute atomic E-state index is 13.9. The number of ether oxygens (including phenoxy) is 2. The van der Waals surface area contributed by atoms with Gasteiger partial charge < -0.3 is 13.9 Å². The molecule has 0 spiro atoms. The van der Waals surface area contributed by atoms with Gasteiger partial charge in [0.25, 0.3) is 0 Å². The van der Waals surface area contributed by atoms with Gasteiger partial charge in [0.15, 0.2) is 0 Å². The SMILES string of the molecule is CCCCCc1ccc(-c2cc3ccc(OCC(COC(=O)C(C)(C)C)C(F)(F)F)cc3oc2=O)c(C(F)(F)F)c1. The van der Waals surface area contributed by atoms with Crippen LogP contribution in [0, 0.1) is 11.3 Å². The van der Waals surface area contributed by atoms with E-state index in [0.29, 0.717) is 12.0 Å². The summed E-state index contributed by atoms with van der Waals surface area (Å²) in [6, 6.07) is 8.95. The summed E-state index contributed by atoms with van der Waals surface area (Å²) in [6.45, 7) is 4.70. The van der Waals surface area contributed by atoms with Gasteiger partial charge in [-0.3, -0.25) is 4.79 Å². The lowest BCUT2D eigenvalue weighted by Crippen LogP contribution is -2.35. The van der Waals surface area contributed by atoms with Gasteiger partial charge in [0, 0.05) is 17.0 Å². The van der Waals surface area contributed by atoms with E-state index in [-0.39, 0.29) is 27.8 Å². The third-order valence-corrected chi connectivity index (χ3v) is 6.40. The van der Waals surface area contributed by atoms with E-state index < -0.39 is 54.1 Å². The zero-order valence-corrected chi connectivity index (χ0v) is 23.2. The number of fused-ring (bicyclic) bond motifs is 1. The van der Waals surface area contributed by atoms with E-state index in [1.54, 1.807) is 6.07 Å². The van der Waals surface area contributed by atoms with Crippen molar-refractivity contribution < 1.29 is 45.0 Å². The maximum Gasteiger partial charge on any atom is 0.417 e. The Hall–Kier alpha value is -3.50. The Kier molecular flexibility index (Phi) is 9.81. The van der Waals surface area contributed by atoms with Gasteiger partial charge in [-0.25, -0.2) is 4.79 Å². The third kappa shape index (κ3) is 8.50. The first-order valence-corrected chi connectivity index (χ1v) is 13.2. The standard InChI is InChI=1S/C30H32F6O5/c1-5-6-7-8-18-9-12-22(24(13-18)30(34,35)36)23-14-19-10-11-21(15-25(19)41-26(23)37)39-16-20(29(31,32)33)17-40-27(38)28(2,3)4/h9-15,20H,5-8,16-17H2,1-4H3. The highest BCUT2D eigenvalue weighted by Gasteiger charge is 2.42. The van der Waals surface area contributed by atoms with Crippen LogP contribution in [-0.2, 0) is 22.1 Å². The van der Waals surface area contributed by atoms with Crippen molar-refractivity contribution >= 4 is 16.9 Å². The fourth-order valence-electron chi connectivity index (χ4n) is 3.99. The van der Waals surface area contributed by atoms with E-state index >= 15 is 0 Å². The van der Waals surface area contributed by atoms with Crippen LogP contribution >= 0.6 is 0 Å². The zero-order chi connectivity index (χ0) is 30.6. The predicted octanol–water partition coefficient (Wildman–Crippen LogP) is 8.36. The smallest absolute Gasteiger partial charge is 0.417 e. The number of benzene rings is 2. The van der Waals surface area contributed by atoms with Crippen LogP contribution in [0.3, 0.4) is 0 Å². The summed E-state index contributed by atoms with van der Waals surface area (Å²) in [7, 11) is 0. The number of rotatable bonds is 10. The summed E-state index contributed by atoms with van der Waals surface area (Å²) in [4.78, 5) is 24.7.